The van der Waals surface area contributed by atoms with E-state index in [-0.39, 0.29) is 23.6 Å². The fourth-order valence-electron chi connectivity index (χ4n) is 4.90. The van der Waals surface area contributed by atoms with Crippen molar-refractivity contribution < 1.29 is 18.7 Å². The molecule has 0 N–H and O–H groups in total. The number of nitrogens with zero attached hydrogens (tertiary/aromatic N) is 3. The molecule has 40 heavy (non-hydrogen) atoms. The largest absolute Gasteiger partial charge is 0.452 e. The molecule has 3 aromatic carbocycles. The number of para-hydroxylation sites is 1. The van der Waals surface area contributed by atoms with Gasteiger partial charge in [0.05, 0.1) is 34.3 Å². The Hall–Kier alpha value is -4.54. The van der Waals surface area contributed by atoms with Crippen LogP contribution in [0.4, 0.5) is 10.1 Å². The first-order valence-electron chi connectivity index (χ1n) is 12.8. The van der Waals surface area contributed by atoms with Crippen LogP contribution < -0.4 is 4.90 Å². The minimum atomic E-state index is -0.641. The van der Waals surface area contributed by atoms with Gasteiger partial charge in [-0.1, -0.05) is 53.6 Å². The number of hydrogen-bond donors (Lipinski definition) is 0. The highest BCUT2D eigenvalue weighted by molar-refractivity contribution is 6.32. The molecule has 1 aliphatic carbocycles. The van der Waals surface area contributed by atoms with Gasteiger partial charge < -0.3 is 9.64 Å². The summed E-state index contributed by atoms with van der Waals surface area (Å²) in [6.07, 6.45) is 2.86. The van der Waals surface area contributed by atoms with E-state index in [0.717, 1.165) is 11.1 Å². The number of fused-ring (bicyclic) bond motifs is 2. The number of ether oxygens (including phenoxy) is 1. The molecule has 1 heterocycles. The number of rotatable bonds is 7. The number of aryl methyl sites for hydroxylation is 1. The molecule has 0 atom stereocenters. The van der Waals surface area contributed by atoms with Crippen LogP contribution in [0.15, 0.2) is 66.7 Å². The summed E-state index contributed by atoms with van der Waals surface area (Å²) in [6.45, 7) is 1.63. The highest BCUT2D eigenvalue weighted by atomic mass is 35.5. The molecular weight excluding hydrogens is 529 g/mol. The maximum atomic E-state index is 14.5. The third-order valence-electron chi connectivity index (χ3n) is 6.88. The highest BCUT2D eigenvalue weighted by Crippen LogP contribution is 2.38. The molecule has 200 valence electrons. The maximum absolute atomic E-state index is 14.5. The van der Waals surface area contributed by atoms with Gasteiger partial charge >= 0.3 is 5.97 Å². The Morgan fingerprint density at radius 2 is 1.88 bits per heavy atom. The zero-order chi connectivity index (χ0) is 28.2. The van der Waals surface area contributed by atoms with Crippen LogP contribution in [0.5, 0.6) is 0 Å². The normalized spacial score (nSPS) is 13.2. The lowest BCUT2D eigenvalue weighted by Crippen LogP contribution is -2.35. The van der Waals surface area contributed by atoms with Crippen molar-refractivity contribution in [3.63, 3.8) is 0 Å². The van der Waals surface area contributed by atoms with E-state index < -0.39 is 24.3 Å². The number of aromatic nitrogens is 1. The summed E-state index contributed by atoms with van der Waals surface area (Å²) in [5, 5.41) is 9.98. The van der Waals surface area contributed by atoms with Gasteiger partial charge in [0.1, 0.15) is 5.82 Å². The number of nitriles is 1. The number of pyridine rings is 1. The molecule has 4 aromatic rings. The Morgan fingerprint density at radius 1 is 1.10 bits per heavy atom. The van der Waals surface area contributed by atoms with E-state index in [0.29, 0.717) is 46.3 Å². The topological polar surface area (TPSA) is 83.3 Å². The zero-order valence-electron chi connectivity index (χ0n) is 21.8. The van der Waals surface area contributed by atoms with Gasteiger partial charge in [0.2, 0.25) is 0 Å². The van der Waals surface area contributed by atoms with E-state index in [2.05, 4.69) is 6.07 Å². The molecule has 0 aliphatic heterocycles. The van der Waals surface area contributed by atoms with Crippen molar-refractivity contribution >= 4 is 51.7 Å². The Labute approximate surface area is 236 Å². The van der Waals surface area contributed by atoms with Crippen LogP contribution in [0.25, 0.3) is 22.6 Å². The zero-order valence-corrected chi connectivity index (χ0v) is 22.5. The fourth-order valence-corrected chi connectivity index (χ4v) is 5.11. The molecule has 6 nitrogen and oxygen atoms in total. The van der Waals surface area contributed by atoms with Crippen molar-refractivity contribution in [2.75, 3.05) is 18.1 Å². The van der Waals surface area contributed by atoms with E-state index >= 15 is 0 Å². The average molecular weight is 554 g/mol. The molecule has 0 saturated heterocycles. The summed E-state index contributed by atoms with van der Waals surface area (Å²) in [5.41, 5.74) is 4.90. The Morgan fingerprint density at radius 3 is 2.62 bits per heavy atom. The molecular formula is C32H25ClFN3O3. The highest BCUT2D eigenvalue weighted by Gasteiger charge is 2.29. The molecule has 0 spiro atoms. The van der Waals surface area contributed by atoms with Crippen molar-refractivity contribution in [1.82, 2.24) is 4.98 Å². The summed E-state index contributed by atoms with van der Waals surface area (Å²) < 4.78 is 20.1. The lowest BCUT2D eigenvalue weighted by Gasteiger charge is -2.22. The summed E-state index contributed by atoms with van der Waals surface area (Å²) >= 11 is 6.26. The monoisotopic (exact) mass is 553 g/mol. The minimum absolute atomic E-state index is 0.136. The number of hydrogen-bond acceptors (Lipinski definition) is 5. The van der Waals surface area contributed by atoms with Crippen molar-refractivity contribution in [3.8, 4) is 6.07 Å². The average Bonchev–Trinajstić information content (AvgIpc) is 3.35. The molecule has 0 fully saturated rings. The van der Waals surface area contributed by atoms with Crippen molar-refractivity contribution in [2.45, 2.75) is 26.2 Å². The second-order valence-electron chi connectivity index (χ2n) is 9.50. The molecule has 1 amide bonds. The number of esters is 1. The molecule has 0 radical (unpaired) electrons. The standard InChI is InChI=1S/C32H25ClFN3O3/c1-20-10-13-22(14-11-20)37(17-5-16-35)29(38)19-40-32(39)30-23-6-2-3-9-28(23)36-31-21(12-15-24(30)31)18-25-26(33)7-4-8-27(25)34/h2-4,6-11,13-14,18H,5,12,15,17,19H2,1H3. The molecule has 0 bridgehead atoms. The van der Waals surface area contributed by atoms with E-state index in [1.807, 2.05) is 31.2 Å². The molecule has 5 rings (SSSR count). The van der Waals surface area contributed by atoms with Crippen LogP contribution in [-0.4, -0.2) is 30.0 Å². The van der Waals surface area contributed by atoms with Crippen LogP contribution in [0.2, 0.25) is 5.02 Å². The minimum Gasteiger partial charge on any atom is -0.452 e. The van der Waals surface area contributed by atoms with Gasteiger partial charge in [0.25, 0.3) is 5.91 Å². The first-order valence-corrected chi connectivity index (χ1v) is 13.2. The molecule has 1 aliphatic rings. The van der Waals surface area contributed by atoms with Crippen LogP contribution >= 0.6 is 11.6 Å². The van der Waals surface area contributed by atoms with Gasteiger partial charge in [-0.2, -0.15) is 5.26 Å². The summed E-state index contributed by atoms with van der Waals surface area (Å²) in [7, 11) is 0. The number of halogens is 2. The maximum Gasteiger partial charge on any atom is 0.339 e. The summed E-state index contributed by atoms with van der Waals surface area (Å²) in [6, 6.07) is 21.1. The van der Waals surface area contributed by atoms with Crippen molar-refractivity contribution in [3.05, 3.63) is 106 Å². The van der Waals surface area contributed by atoms with Gasteiger partial charge in [-0.3, -0.25) is 4.79 Å². The second kappa shape index (κ2) is 11.7. The van der Waals surface area contributed by atoms with Crippen LogP contribution in [-0.2, 0) is 16.0 Å². The SMILES string of the molecule is Cc1ccc(N(CCC#N)C(=O)COC(=O)c2c3c(nc4ccccc24)C(=Cc2c(F)cccc2Cl)CC3)cc1. The number of allylic oxidation sites excluding steroid dienone is 1. The predicted octanol–water partition coefficient (Wildman–Crippen LogP) is 6.93. The number of amides is 1. The summed E-state index contributed by atoms with van der Waals surface area (Å²) in [5.74, 6) is -1.52. The number of carbonyl (C=O) groups excluding carboxylic acids is 2. The third-order valence-corrected chi connectivity index (χ3v) is 7.21. The first-order chi connectivity index (χ1) is 19.4. The lowest BCUT2D eigenvalue weighted by molar-refractivity contribution is -0.121. The van der Waals surface area contributed by atoms with Gasteiger partial charge in [-0.15, -0.1) is 0 Å². The predicted molar refractivity (Wildman–Crippen MR) is 153 cm³/mol. The molecule has 0 unspecified atom stereocenters. The molecule has 0 saturated carbocycles. The van der Waals surface area contributed by atoms with Crippen molar-refractivity contribution in [2.24, 2.45) is 0 Å². The molecule has 8 heteroatoms. The number of anilines is 1. The Balaban J connectivity index is 1.46. The van der Waals surface area contributed by atoms with Gasteiger partial charge in [-0.05, 0) is 67.3 Å². The fraction of sp³-hybridized carbons (Fsp3) is 0.188. The quantitative estimate of drug-likeness (QED) is 0.232. The number of benzene rings is 3. The Bertz CT molecular complexity index is 1670. The van der Waals surface area contributed by atoms with Gasteiger partial charge in [-0.25, -0.2) is 14.2 Å². The second-order valence-corrected chi connectivity index (χ2v) is 9.91. The van der Waals surface area contributed by atoms with E-state index in [1.165, 1.54) is 11.0 Å². The van der Waals surface area contributed by atoms with E-state index in [4.69, 9.17) is 26.6 Å². The van der Waals surface area contributed by atoms with E-state index in [9.17, 15) is 14.0 Å². The van der Waals surface area contributed by atoms with E-state index in [1.54, 1.807) is 42.5 Å². The number of carbonyl (C=O) groups is 2. The van der Waals surface area contributed by atoms with Crippen LogP contribution in [0.3, 0.4) is 0 Å². The molecule has 1 aromatic heterocycles. The summed E-state index contributed by atoms with van der Waals surface area (Å²) in [4.78, 5) is 32.9. The Kier molecular flexibility index (Phi) is 7.90. The lowest BCUT2D eigenvalue weighted by atomic mass is 10.0. The van der Waals surface area contributed by atoms with Crippen molar-refractivity contribution in [1.29, 1.82) is 5.26 Å². The van der Waals surface area contributed by atoms with Gasteiger partial charge in [0.15, 0.2) is 6.61 Å². The van der Waals surface area contributed by atoms with Crippen LogP contribution in [0, 0.1) is 24.1 Å². The third kappa shape index (κ3) is 5.45. The first kappa shape index (κ1) is 27.0. The smallest absolute Gasteiger partial charge is 0.339 e. The van der Waals surface area contributed by atoms with Gasteiger partial charge in [0, 0.05) is 23.2 Å². The van der Waals surface area contributed by atoms with Crippen LogP contribution in [0.1, 0.15) is 45.6 Å².